The summed E-state index contributed by atoms with van der Waals surface area (Å²) in [6.45, 7) is 4.51. The van der Waals surface area contributed by atoms with E-state index in [0.717, 1.165) is 0 Å². The van der Waals surface area contributed by atoms with Gasteiger partial charge in [-0.1, -0.05) is 70.9 Å². The highest BCUT2D eigenvalue weighted by atomic mass is 16.4. The molecule has 0 aromatic heterocycles. The fourth-order valence-electron chi connectivity index (χ4n) is 2.25. The second kappa shape index (κ2) is 16.1. The van der Waals surface area contributed by atoms with Crippen molar-refractivity contribution < 1.29 is 9.90 Å². The molecule has 1 aromatic carbocycles. The van der Waals surface area contributed by atoms with Crippen LogP contribution in [0.1, 0.15) is 88.4 Å². The van der Waals surface area contributed by atoms with Gasteiger partial charge >= 0.3 is 5.97 Å². The van der Waals surface area contributed by atoms with Gasteiger partial charge in [0, 0.05) is 5.69 Å². The lowest BCUT2D eigenvalue weighted by Crippen LogP contribution is -1.95. The molecule has 0 amide bonds. The zero-order valence-electron chi connectivity index (χ0n) is 15.5. The number of unbranched alkanes of at least 4 members (excludes halogenated alkanes) is 8. The Balaban J connectivity index is 0.000000463. The standard InChI is InChI=1S/C14H28.C7H7NO2/c1-3-5-7-9-11-13-14-12-10-8-6-4-2;8-6-3-1-5(2-4-6)7(9)10/h7,9H,3-6,8,10-14H2,1-2H3;1-4H,8H2,(H,9,10). The number of nitrogens with two attached hydrogens (primary N) is 1. The van der Waals surface area contributed by atoms with Gasteiger partial charge < -0.3 is 10.8 Å². The monoisotopic (exact) mass is 333 g/mol. The van der Waals surface area contributed by atoms with Crippen molar-refractivity contribution in [2.45, 2.75) is 78.1 Å². The Kier molecular flexibility index (Phi) is 14.9. The van der Waals surface area contributed by atoms with Crippen molar-refractivity contribution in [1.82, 2.24) is 0 Å². The number of rotatable bonds is 11. The molecule has 0 unspecified atom stereocenters. The van der Waals surface area contributed by atoms with Crippen LogP contribution < -0.4 is 5.73 Å². The SMILES string of the molecule is CCCC=CCCCCCCCCC.Nc1ccc(C(=O)O)cc1. The second-order valence-electron chi connectivity index (χ2n) is 6.10. The van der Waals surface area contributed by atoms with E-state index in [1.807, 2.05) is 0 Å². The molecule has 0 saturated heterocycles. The minimum Gasteiger partial charge on any atom is -0.478 e. The van der Waals surface area contributed by atoms with Crippen LogP contribution in [-0.4, -0.2) is 11.1 Å². The van der Waals surface area contributed by atoms with E-state index in [4.69, 9.17) is 10.8 Å². The maximum absolute atomic E-state index is 10.3. The molecule has 0 bridgehead atoms. The van der Waals surface area contributed by atoms with E-state index in [-0.39, 0.29) is 5.56 Å². The number of hydrogen-bond acceptors (Lipinski definition) is 2. The fraction of sp³-hybridized carbons (Fsp3) is 0.571. The molecule has 3 N–H and O–H groups in total. The van der Waals surface area contributed by atoms with Gasteiger partial charge in [-0.3, -0.25) is 0 Å². The molecule has 0 fully saturated rings. The first-order valence-corrected chi connectivity index (χ1v) is 9.35. The molecule has 0 aliphatic heterocycles. The van der Waals surface area contributed by atoms with Gasteiger partial charge in [-0.25, -0.2) is 4.79 Å². The number of nitrogen functional groups attached to an aromatic ring is 1. The number of carbonyl (C=O) groups is 1. The summed E-state index contributed by atoms with van der Waals surface area (Å²) in [6.07, 6.45) is 18.5. The van der Waals surface area contributed by atoms with Gasteiger partial charge in [0.05, 0.1) is 5.56 Å². The zero-order chi connectivity index (χ0) is 18.0. The number of allylic oxidation sites excluding steroid dienone is 2. The third-order valence-corrected chi connectivity index (χ3v) is 3.75. The average Bonchev–Trinajstić information content (AvgIpc) is 2.57. The van der Waals surface area contributed by atoms with Gasteiger partial charge in [-0.15, -0.1) is 0 Å². The molecular weight excluding hydrogens is 298 g/mol. The van der Waals surface area contributed by atoms with Gasteiger partial charge in [0.15, 0.2) is 0 Å². The number of aromatic carboxylic acids is 1. The number of anilines is 1. The number of benzene rings is 1. The minimum atomic E-state index is -0.931. The summed E-state index contributed by atoms with van der Waals surface area (Å²) >= 11 is 0. The maximum atomic E-state index is 10.3. The Bertz CT molecular complexity index is 438. The van der Waals surface area contributed by atoms with Gasteiger partial charge in [-0.2, -0.15) is 0 Å². The second-order valence-corrected chi connectivity index (χ2v) is 6.10. The van der Waals surface area contributed by atoms with E-state index >= 15 is 0 Å². The normalized spacial score (nSPS) is 10.4. The molecule has 0 spiro atoms. The Morgan fingerprint density at radius 2 is 1.42 bits per heavy atom. The van der Waals surface area contributed by atoms with Crippen molar-refractivity contribution in [1.29, 1.82) is 0 Å². The molecule has 0 aliphatic carbocycles. The van der Waals surface area contributed by atoms with E-state index in [1.54, 1.807) is 12.1 Å². The van der Waals surface area contributed by atoms with Crippen LogP contribution in [0.5, 0.6) is 0 Å². The molecule has 0 radical (unpaired) electrons. The molecule has 1 aromatic rings. The number of carboxylic acids is 1. The highest BCUT2D eigenvalue weighted by molar-refractivity contribution is 5.87. The van der Waals surface area contributed by atoms with E-state index in [0.29, 0.717) is 5.69 Å². The van der Waals surface area contributed by atoms with Crippen molar-refractivity contribution in [2.24, 2.45) is 0 Å². The van der Waals surface area contributed by atoms with Crippen LogP contribution in [0, 0.1) is 0 Å². The topological polar surface area (TPSA) is 63.3 Å². The molecular formula is C21H35NO2. The zero-order valence-corrected chi connectivity index (χ0v) is 15.5. The molecule has 0 aliphatic rings. The van der Waals surface area contributed by atoms with Crippen LogP contribution in [0.4, 0.5) is 5.69 Å². The summed E-state index contributed by atoms with van der Waals surface area (Å²) in [5.41, 5.74) is 6.17. The lowest BCUT2D eigenvalue weighted by atomic mass is 10.1. The predicted molar refractivity (Wildman–Crippen MR) is 104 cm³/mol. The maximum Gasteiger partial charge on any atom is 0.335 e. The Morgan fingerprint density at radius 3 is 1.96 bits per heavy atom. The van der Waals surface area contributed by atoms with Gasteiger partial charge in [0.25, 0.3) is 0 Å². The van der Waals surface area contributed by atoms with Crippen molar-refractivity contribution in [3.05, 3.63) is 42.0 Å². The molecule has 3 heteroatoms. The van der Waals surface area contributed by atoms with E-state index in [9.17, 15) is 4.79 Å². The van der Waals surface area contributed by atoms with Gasteiger partial charge in [0.2, 0.25) is 0 Å². The van der Waals surface area contributed by atoms with Crippen LogP contribution in [0.3, 0.4) is 0 Å². The highest BCUT2D eigenvalue weighted by Crippen LogP contribution is 2.08. The van der Waals surface area contributed by atoms with Gasteiger partial charge in [-0.05, 0) is 43.5 Å². The highest BCUT2D eigenvalue weighted by Gasteiger charge is 1.98. The van der Waals surface area contributed by atoms with Crippen LogP contribution in [-0.2, 0) is 0 Å². The average molecular weight is 334 g/mol. The van der Waals surface area contributed by atoms with Crippen LogP contribution >= 0.6 is 0 Å². The summed E-state index contributed by atoms with van der Waals surface area (Å²) in [5.74, 6) is -0.931. The van der Waals surface area contributed by atoms with Crippen molar-refractivity contribution >= 4 is 11.7 Å². The Labute approximate surface area is 148 Å². The predicted octanol–water partition coefficient (Wildman–Crippen LogP) is 6.45. The lowest BCUT2D eigenvalue weighted by Gasteiger charge is -1.98. The lowest BCUT2D eigenvalue weighted by molar-refractivity contribution is 0.0697. The van der Waals surface area contributed by atoms with E-state index in [2.05, 4.69) is 26.0 Å². The smallest absolute Gasteiger partial charge is 0.335 e. The van der Waals surface area contributed by atoms with Crippen LogP contribution in [0.15, 0.2) is 36.4 Å². The van der Waals surface area contributed by atoms with Crippen LogP contribution in [0.25, 0.3) is 0 Å². The molecule has 24 heavy (non-hydrogen) atoms. The first-order valence-electron chi connectivity index (χ1n) is 9.35. The van der Waals surface area contributed by atoms with Gasteiger partial charge in [0.1, 0.15) is 0 Å². The Hall–Kier alpha value is -1.77. The quantitative estimate of drug-likeness (QED) is 0.278. The molecule has 3 nitrogen and oxygen atoms in total. The van der Waals surface area contributed by atoms with Crippen LogP contribution in [0.2, 0.25) is 0 Å². The van der Waals surface area contributed by atoms with Crippen molar-refractivity contribution in [2.75, 3.05) is 5.73 Å². The summed E-state index contributed by atoms with van der Waals surface area (Å²) < 4.78 is 0. The number of hydrogen-bond donors (Lipinski definition) is 2. The Morgan fingerprint density at radius 1 is 0.875 bits per heavy atom. The molecule has 0 atom stereocenters. The summed E-state index contributed by atoms with van der Waals surface area (Å²) in [6, 6.07) is 6.06. The first-order chi connectivity index (χ1) is 11.6. The fourth-order valence-corrected chi connectivity index (χ4v) is 2.25. The largest absolute Gasteiger partial charge is 0.478 e. The van der Waals surface area contributed by atoms with Crippen molar-refractivity contribution in [3.8, 4) is 0 Å². The summed E-state index contributed by atoms with van der Waals surface area (Å²) in [5, 5.41) is 8.43. The minimum absolute atomic E-state index is 0.259. The van der Waals surface area contributed by atoms with E-state index < -0.39 is 5.97 Å². The third kappa shape index (κ3) is 13.9. The summed E-state index contributed by atoms with van der Waals surface area (Å²) in [4.78, 5) is 10.3. The number of carboxylic acid groups (broad SMARTS) is 1. The van der Waals surface area contributed by atoms with Crippen molar-refractivity contribution in [3.63, 3.8) is 0 Å². The molecule has 136 valence electrons. The first kappa shape index (κ1) is 22.2. The molecule has 0 heterocycles. The third-order valence-electron chi connectivity index (χ3n) is 3.75. The molecule has 1 rings (SSSR count). The summed E-state index contributed by atoms with van der Waals surface area (Å²) in [7, 11) is 0. The molecule has 0 saturated carbocycles. The van der Waals surface area contributed by atoms with E-state index in [1.165, 1.54) is 76.3 Å².